The highest BCUT2D eigenvalue weighted by Gasteiger charge is 2.11. The van der Waals surface area contributed by atoms with E-state index in [1.165, 1.54) is 11.3 Å². The number of hydrogen-bond acceptors (Lipinski definition) is 3. The fourth-order valence-corrected chi connectivity index (χ4v) is 2.58. The Morgan fingerprint density at radius 2 is 2.42 bits per heavy atom. The lowest BCUT2D eigenvalue weighted by atomic mass is 10.2. The van der Waals surface area contributed by atoms with Gasteiger partial charge in [0.2, 0.25) is 0 Å². The van der Waals surface area contributed by atoms with Crippen LogP contribution in [0.15, 0.2) is 10.5 Å². The van der Waals surface area contributed by atoms with Crippen LogP contribution in [0.2, 0.25) is 4.34 Å². The van der Waals surface area contributed by atoms with Gasteiger partial charge in [-0.15, -0.1) is 11.3 Å². The Bertz CT molecular complexity index is 246. The Labute approximate surface area is 88.5 Å². The zero-order valence-electron chi connectivity index (χ0n) is 6.26. The van der Waals surface area contributed by atoms with Crippen molar-refractivity contribution in [2.24, 2.45) is 5.73 Å². The number of aliphatic hydroxyl groups is 1. The van der Waals surface area contributed by atoms with Gasteiger partial charge in [-0.1, -0.05) is 11.6 Å². The van der Waals surface area contributed by atoms with Gasteiger partial charge in [0.15, 0.2) is 0 Å². The summed E-state index contributed by atoms with van der Waals surface area (Å²) >= 11 is 10.4. The van der Waals surface area contributed by atoms with Gasteiger partial charge < -0.3 is 10.8 Å². The molecule has 2 nitrogen and oxygen atoms in total. The summed E-state index contributed by atoms with van der Waals surface area (Å²) in [6, 6.07) is 1.83. The minimum atomic E-state index is -0.483. The van der Waals surface area contributed by atoms with Gasteiger partial charge in [0.05, 0.1) is 6.10 Å². The van der Waals surface area contributed by atoms with Gasteiger partial charge >= 0.3 is 0 Å². The van der Waals surface area contributed by atoms with Crippen molar-refractivity contribution in [1.29, 1.82) is 0 Å². The zero-order chi connectivity index (χ0) is 9.14. The molecule has 5 heteroatoms. The molecule has 0 fully saturated rings. The third-order valence-corrected chi connectivity index (χ3v) is 4.01. The second kappa shape index (κ2) is 4.58. The lowest BCUT2D eigenvalue weighted by molar-refractivity contribution is 0.174. The van der Waals surface area contributed by atoms with E-state index in [1.807, 2.05) is 6.07 Å². The summed E-state index contributed by atoms with van der Waals surface area (Å²) < 4.78 is 1.50. The first-order valence-corrected chi connectivity index (χ1v) is 5.46. The SMILES string of the molecule is NCC[C@H](O)c1cc(Br)c(Cl)s1. The topological polar surface area (TPSA) is 46.2 Å². The molecule has 0 aliphatic rings. The molecule has 3 N–H and O–H groups in total. The predicted molar refractivity (Wildman–Crippen MR) is 55.7 cm³/mol. The molecule has 12 heavy (non-hydrogen) atoms. The van der Waals surface area contributed by atoms with E-state index in [2.05, 4.69) is 15.9 Å². The molecule has 0 bridgehead atoms. The van der Waals surface area contributed by atoms with Crippen molar-refractivity contribution in [3.8, 4) is 0 Å². The molecule has 0 aromatic carbocycles. The Kier molecular flexibility index (Phi) is 3.99. The van der Waals surface area contributed by atoms with Crippen LogP contribution in [0.3, 0.4) is 0 Å². The molecule has 0 amide bonds. The van der Waals surface area contributed by atoms with E-state index < -0.39 is 6.10 Å². The summed E-state index contributed by atoms with van der Waals surface area (Å²) in [5, 5.41) is 9.51. The van der Waals surface area contributed by atoms with Crippen molar-refractivity contribution in [2.75, 3.05) is 6.54 Å². The maximum atomic E-state index is 9.51. The van der Waals surface area contributed by atoms with Gasteiger partial charge in [0, 0.05) is 9.35 Å². The van der Waals surface area contributed by atoms with Gasteiger partial charge in [-0.3, -0.25) is 0 Å². The third kappa shape index (κ3) is 2.44. The molecule has 1 rings (SSSR count). The van der Waals surface area contributed by atoms with Crippen LogP contribution in [0.25, 0.3) is 0 Å². The highest BCUT2D eigenvalue weighted by atomic mass is 79.9. The van der Waals surface area contributed by atoms with E-state index in [0.717, 1.165) is 9.35 Å². The smallest absolute Gasteiger partial charge is 0.107 e. The summed E-state index contributed by atoms with van der Waals surface area (Å²) in [4.78, 5) is 0.859. The first-order valence-electron chi connectivity index (χ1n) is 3.48. The number of nitrogens with two attached hydrogens (primary N) is 1. The second-order valence-electron chi connectivity index (χ2n) is 2.36. The zero-order valence-corrected chi connectivity index (χ0v) is 9.42. The Morgan fingerprint density at radius 3 is 2.83 bits per heavy atom. The fourth-order valence-electron chi connectivity index (χ4n) is 0.828. The van der Waals surface area contributed by atoms with Crippen molar-refractivity contribution in [1.82, 2.24) is 0 Å². The second-order valence-corrected chi connectivity index (χ2v) is 4.90. The number of halogens is 2. The largest absolute Gasteiger partial charge is 0.388 e. The van der Waals surface area contributed by atoms with Crippen LogP contribution in [-0.4, -0.2) is 11.7 Å². The fraction of sp³-hybridized carbons (Fsp3) is 0.429. The van der Waals surface area contributed by atoms with E-state index in [9.17, 15) is 5.11 Å². The molecule has 1 heterocycles. The van der Waals surface area contributed by atoms with E-state index in [4.69, 9.17) is 17.3 Å². The maximum Gasteiger partial charge on any atom is 0.107 e. The first kappa shape index (κ1) is 10.5. The monoisotopic (exact) mass is 269 g/mol. The first-order chi connectivity index (χ1) is 5.65. The number of thiophene rings is 1. The summed E-state index contributed by atoms with van der Waals surface area (Å²) in [6.07, 6.45) is 0.0901. The van der Waals surface area contributed by atoms with Gasteiger partial charge in [0.25, 0.3) is 0 Å². The average molecular weight is 271 g/mol. The van der Waals surface area contributed by atoms with Crippen LogP contribution < -0.4 is 5.73 Å². The molecule has 0 aliphatic heterocycles. The van der Waals surface area contributed by atoms with Crippen molar-refractivity contribution in [3.05, 3.63) is 19.8 Å². The lowest BCUT2D eigenvalue weighted by Gasteiger charge is -2.04. The highest BCUT2D eigenvalue weighted by Crippen LogP contribution is 2.35. The standard InChI is InChI=1S/C7H9BrClNOS/c8-4-3-6(12-7(4)9)5(11)1-2-10/h3,5,11H,1-2,10H2/t5-/m0/s1. The van der Waals surface area contributed by atoms with Crippen LogP contribution in [-0.2, 0) is 0 Å². The summed E-state index contributed by atoms with van der Waals surface area (Å²) in [5.74, 6) is 0. The third-order valence-electron chi connectivity index (χ3n) is 1.43. The van der Waals surface area contributed by atoms with E-state index in [-0.39, 0.29) is 0 Å². The molecular formula is C7H9BrClNOS. The summed E-state index contributed by atoms with van der Waals surface area (Å²) in [7, 11) is 0. The maximum absolute atomic E-state index is 9.51. The molecule has 68 valence electrons. The van der Waals surface area contributed by atoms with Crippen LogP contribution in [0.5, 0.6) is 0 Å². The average Bonchev–Trinajstić information content (AvgIpc) is 2.33. The van der Waals surface area contributed by atoms with Crippen molar-refractivity contribution >= 4 is 38.9 Å². The van der Waals surface area contributed by atoms with Crippen molar-refractivity contribution < 1.29 is 5.11 Å². The van der Waals surface area contributed by atoms with Gasteiger partial charge in [-0.2, -0.15) is 0 Å². The Morgan fingerprint density at radius 1 is 1.75 bits per heavy atom. The highest BCUT2D eigenvalue weighted by molar-refractivity contribution is 9.10. The molecule has 0 saturated heterocycles. The van der Waals surface area contributed by atoms with Gasteiger partial charge in [-0.25, -0.2) is 0 Å². The van der Waals surface area contributed by atoms with Gasteiger partial charge in [-0.05, 0) is 35.0 Å². The number of hydrogen-bond donors (Lipinski definition) is 2. The molecule has 0 aliphatic carbocycles. The van der Waals surface area contributed by atoms with E-state index in [0.29, 0.717) is 17.3 Å². The van der Waals surface area contributed by atoms with E-state index in [1.54, 1.807) is 0 Å². The van der Waals surface area contributed by atoms with Crippen molar-refractivity contribution in [2.45, 2.75) is 12.5 Å². The number of aliphatic hydroxyl groups excluding tert-OH is 1. The van der Waals surface area contributed by atoms with Crippen LogP contribution in [0.4, 0.5) is 0 Å². The molecule has 1 aromatic heterocycles. The van der Waals surface area contributed by atoms with Gasteiger partial charge in [0.1, 0.15) is 4.34 Å². The predicted octanol–water partition coefficient (Wildman–Crippen LogP) is 2.55. The molecule has 0 radical (unpaired) electrons. The Hall–Kier alpha value is 0.390. The normalized spacial score (nSPS) is 13.3. The van der Waals surface area contributed by atoms with Crippen LogP contribution >= 0.6 is 38.9 Å². The van der Waals surface area contributed by atoms with Crippen molar-refractivity contribution in [3.63, 3.8) is 0 Å². The number of rotatable bonds is 3. The molecule has 0 unspecified atom stereocenters. The molecule has 0 spiro atoms. The molecule has 1 aromatic rings. The summed E-state index contributed by atoms with van der Waals surface area (Å²) in [6.45, 7) is 0.480. The quantitative estimate of drug-likeness (QED) is 0.887. The van der Waals surface area contributed by atoms with Crippen LogP contribution in [0, 0.1) is 0 Å². The lowest BCUT2D eigenvalue weighted by Crippen LogP contribution is -2.05. The van der Waals surface area contributed by atoms with E-state index >= 15 is 0 Å². The molecule has 1 atom stereocenters. The summed E-state index contributed by atoms with van der Waals surface area (Å²) in [5.41, 5.74) is 5.31. The van der Waals surface area contributed by atoms with Crippen LogP contribution in [0.1, 0.15) is 17.4 Å². The minimum absolute atomic E-state index is 0.480. The molecular weight excluding hydrogens is 262 g/mol. The Balaban J connectivity index is 2.74. The molecule has 0 saturated carbocycles. The minimum Gasteiger partial charge on any atom is -0.388 e.